The van der Waals surface area contributed by atoms with E-state index >= 15 is 0 Å². The number of rotatable bonds is 1. The molecule has 0 saturated heterocycles. The summed E-state index contributed by atoms with van der Waals surface area (Å²) >= 11 is 0. The molecule has 1 unspecified atom stereocenters. The third-order valence-electron chi connectivity index (χ3n) is 2.33. The molecule has 0 aliphatic heterocycles. The molecule has 0 aromatic heterocycles. The van der Waals surface area contributed by atoms with Crippen molar-refractivity contribution in [2.24, 2.45) is 10.6 Å². The smallest absolute Gasteiger partial charge is 0.0924 e. The van der Waals surface area contributed by atoms with Crippen molar-refractivity contribution in [1.82, 2.24) is 0 Å². The van der Waals surface area contributed by atoms with Crippen LogP contribution in [0.5, 0.6) is 0 Å². The summed E-state index contributed by atoms with van der Waals surface area (Å²) < 4.78 is 0. The van der Waals surface area contributed by atoms with Crippen LogP contribution in [-0.2, 0) is 0 Å². The van der Waals surface area contributed by atoms with Crippen molar-refractivity contribution in [3.8, 4) is 0 Å². The first kappa shape index (κ1) is 7.70. The lowest BCUT2D eigenvalue weighted by atomic mass is 9.75. The Morgan fingerprint density at radius 1 is 1.50 bits per heavy atom. The lowest BCUT2D eigenvalue weighted by Gasteiger charge is -2.31. The molecule has 0 aromatic carbocycles. The van der Waals surface area contributed by atoms with Gasteiger partial charge in [0.15, 0.2) is 0 Å². The van der Waals surface area contributed by atoms with Crippen molar-refractivity contribution in [3.63, 3.8) is 0 Å². The van der Waals surface area contributed by atoms with Gasteiger partial charge in [-0.25, -0.2) is 0 Å². The molecule has 0 radical (unpaired) electrons. The molecule has 1 atom stereocenters. The predicted octanol–water partition coefficient (Wildman–Crippen LogP) is 2.72. The molecule has 0 spiro atoms. The fourth-order valence-corrected chi connectivity index (χ4v) is 1.75. The highest BCUT2D eigenvalue weighted by molar-refractivity contribution is 4.82. The van der Waals surface area contributed by atoms with E-state index in [0.717, 1.165) is 12.8 Å². The fourth-order valence-electron chi connectivity index (χ4n) is 1.75. The summed E-state index contributed by atoms with van der Waals surface area (Å²) in [5, 5.41) is 3.09. The normalized spacial score (nSPS) is 31.6. The number of nitrogens with zero attached hydrogens (tertiary/aromatic N) is 1. The summed E-state index contributed by atoms with van der Waals surface area (Å²) in [6, 6.07) is 0.101. The van der Waals surface area contributed by atoms with Gasteiger partial charge < -0.3 is 0 Å². The largest absolute Gasteiger partial charge is 0.151 e. The minimum Gasteiger partial charge on any atom is -0.151 e. The van der Waals surface area contributed by atoms with Crippen LogP contribution in [0.25, 0.3) is 0 Å². The van der Waals surface area contributed by atoms with Crippen LogP contribution < -0.4 is 0 Å². The van der Waals surface area contributed by atoms with Crippen LogP contribution in [-0.4, -0.2) is 6.04 Å². The van der Waals surface area contributed by atoms with Gasteiger partial charge in [-0.05, 0) is 24.7 Å². The Labute approximate surface area is 62.0 Å². The minimum atomic E-state index is 0.101. The summed E-state index contributed by atoms with van der Waals surface area (Å²) in [5.74, 6) is 0. The second-order valence-corrected chi connectivity index (χ2v) is 4.02. The molecule has 0 heterocycles. The molecule has 1 aliphatic rings. The zero-order valence-electron chi connectivity index (χ0n) is 6.76. The van der Waals surface area contributed by atoms with Gasteiger partial charge in [0.1, 0.15) is 0 Å². The maximum absolute atomic E-state index is 10.2. The van der Waals surface area contributed by atoms with Crippen LogP contribution in [0, 0.1) is 10.3 Å². The van der Waals surface area contributed by atoms with Crippen molar-refractivity contribution in [2.75, 3.05) is 0 Å². The Hall–Kier alpha value is -0.400. The van der Waals surface area contributed by atoms with E-state index in [1.807, 2.05) is 0 Å². The second-order valence-electron chi connectivity index (χ2n) is 4.02. The molecule has 1 saturated carbocycles. The molecule has 10 heavy (non-hydrogen) atoms. The fraction of sp³-hybridized carbons (Fsp3) is 1.00. The quantitative estimate of drug-likeness (QED) is 0.516. The number of nitroso groups, excluding NO2 is 1. The van der Waals surface area contributed by atoms with Crippen molar-refractivity contribution in [3.05, 3.63) is 4.91 Å². The van der Waals surface area contributed by atoms with Crippen molar-refractivity contribution in [1.29, 1.82) is 0 Å². The van der Waals surface area contributed by atoms with E-state index in [4.69, 9.17) is 0 Å². The van der Waals surface area contributed by atoms with Gasteiger partial charge in [-0.15, -0.1) is 0 Å². The van der Waals surface area contributed by atoms with Gasteiger partial charge in [0, 0.05) is 0 Å². The monoisotopic (exact) mass is 141 g/mol. The van der Waals surface area contributed by atoms with E-state index in [-0.39, 0.29) is 6.04 Å². The molecule has 0 N–H and O–H groups in total. The van der Waals surface area contributed by atoms with Gasteiger partial charge in [0.2, 0.25) is 0 Å². The first-order valence-corrected chi connectivity index (χ1v) is 3.96. The summed E-state index contributed by atoms with van der Waals surface area (Å²) in [6.07, 6.45) is 4.41. The Kier molecular flexibility index (Phi) is 2.07. The molecule has 2 nitrogen and oxygen atoms in total. The van der Waals surface area contributed by atoms with E-state index in [2.05, 4.69) is 19.0 Å². The summed E-state index contributed by atoms with van der Waals surface area (Å²) in [4.78, 5) is 10.2. The highest BCUT2D eigenvalue weighted by atomic mass is 16.3. The van der Waals surface area contributed by atoms with E-state index in [1.165, 1.54) is 12.8 Å². The van der Waals surface area contributed by atoms with E-state index in [9.17, 15) is 4.91 Å². The lowest BCUT2D eigenvalue weighted by Crippen LogP contribution is -2.24. The molecule has 2 heteroatoms. The van der Waals surface area contributed by atoms with Gasteiger partial charge in [0.05, 0.1) is 6.04 Å². The third-order valence-corrected chi connectivity index (χ3v) is 2.33. The number of hydrogen-bond acceptors (Lipinski definition) is 2. The van der Waals surface area contributed by atoms with E-state index in [1.54, 1.807) is 0 Å². The highest BCUT2D eigenvalue weighted by Crippen LogP contribution is 2.36. The van der Waals surface area contributed by atoms with Crippen LogP contribution >= 0.6 is 0 Å². The second kappa shape index (κ2) is 2.69. The van der Waals surface area contributed by atoms with Crippen LogP contribution in [0.2, 0.25) is 0 Å². The first-order valence-electron chi connectivity index (χ1n) is 3.96. The first-order chi connectivity index (χ1) is 4.64. The Morgan fingerprint density at radius 3 is 2.60 bits per heavy atom. The van der Waals surface area contributed by atoms with Crippen LogP contribution in [0.15, 0.2) is 5.18 Å². The van der Waals surface area contributed by atoms with Crippen molar-refractivity contribution >= 4 is 0 Å². The summed E-state index contributed by atoms with van der Waals surface area (Å²) in [7, 11) is 0. The maximum Gasteiger partial charge on any atom is 0.0924 e. The van der Waals surface area contributed by atoms with E-state index in [0.29, 0.717) is 5.41 Å². The molecule has 0 amide bonds. The molecule has 0 bridgehead atoms. The maximum atomic E-state index is 10.2. The average molecular weight is 141 g/mol. The predicted molar refractivity (Wildman–Crippen MR) is 41.8 cm³/mol. The molecule has 0 aromatic rings. The molecular weight excluding hydrogens is 126 g/mol. The van der Waals surface area contributed by atoms with Gasteiger partial charge >= 0.3 is 0 Å². The molecule has 1 fully saturated rings. The Bertz CT molecular complexity index is 131. The zero-order chi connectivity index (χ0) is 7.61. The van der Waals surface area contributed by atoms with Gasteiger partial charge in [0.25, 0.3) is 0 Å². The Balaban J connectivity index is 2.47. The summed E-state index contributed by atoms with van der Waals surface area (Å²) in [6.45, 7) is 4.43. The van der Waals surface area contributed by atoms with Gasteiger partial charge in [-0.1, -0.05) is 25.4 Å². The SMILES string of the molecule is CC1(C)CCCC(N=O)C1. The molecule has 1 rings (SSSR count). The third kappa shape index (κ3) is 1.79. The van der Waals surface area contributed by atoms with E-state index < -0.39 is 0 Å². The molecule has 58 valence electrons. The lowest BCUT2D eigenvalue weighted by molar-refractivity contribution is 0.221. The van der Waals surface area contributed by atoms with Crippen LogP contribution in [0.4, 0.5) is 0 Å². The van der Waals surface area contributed by atoms with Crippen molar-refractivity contribution < 1.29 is 0 Å². The summed E-state index contributed by atoms with van der Waals surface area (Å²) in [5.41, 5.74) is 0.358. The highest BCUT2D eigenvalue weighted by Gasteiger charge is 2.28. The minimum absolute atomic E-state index is 0.101. The van der Waals surface area contributed by atoms with Gasteiger partial charge in [-0.2, -0.15) is 4.91 Å². The average Bonchev–Trinajstić information content (AvgIpc) is 1.86. The number of hydrogen-bond donors (Lipinski definition) is 0. The van der Waals surface area contributed by atoms with Crippen LogP contribution in [0.3, 0.4) is 0 Å². The zero-order valence-corrected chi connectivity index (χ0v) is 6.76. The standard InChI is InChI=1S/C8H15NO/c1-8(2)5-3-4-7(6-8)9-10/h7H,3-6H2,1-2H3. The van der Waals surface area contributed by atoms with Crippen molar-refractivity contribution in [2.45, 2.75) is 45.6 Å². The molecule has 1 aliphatic carbocycles. The Morgan fingerprint density at radius 2 is 2.20 bits per heavy atom. The van der Waals surface area contributed by atoms with Gasteiger partial charge in [-0.3, -0.25) is 0 Å². The van der Waals surface area contributed by atoms with Crippen LogP contribution in [0.1, 0.15) is 39.5 Å². The molecular formula is C8H15NO. The topological polar surface area (TPSA) is 29.4 Å².